The molecular weight excluding hydrogens is 448 g/mol. The maximum atomic E-state index is 11.2. The number of amides is 1. The van der Waals surface area contributed by atoms with Crippen LogP contribution < -0.4 is 11.1 Å². The van der Waals surface area contributed by atoms with Gasteiger partial charge in [0.15, 0.2) is 8.32 Å². The number of hydrogen-bond acceptors (Lipinski definition) is 7. The molecule has 0 aliphatic heterocycles. The molecule has 0 saturated heterocycles. The number of carbonyl (C=O) groups excluding carboxylic acids is 1. The summed E-state index contributed by atoms with van der Waals surface area (Å²) in [5, 5.41) is 7.45. The van der Waals surface area contributed by atoms with Crippen molar-refractivity contribution in [3.8, 4) is 11.3 Å². The zero-order valence-electron chi connectivity index (χ0n) is 20.8. The zero-order valence-corrected chi connectivity index (χ0v) is 21.8. The highest BCUT2D eigenvalue weighted by Crippen LogP contribution is 2.36. The quantitative estimate of drug-likeness (QED) is 0.421. The predicted molar refractivity (Wildman–Crippen MR) is 135 cm³/mol. The SMILES string of the molecule is Cn1cc(Nc2nccc(-c3ccc(COC(N)=O)c(CCO[Si](C)(C)C(C)(C)C)c3)n2)cn1. The minimum atomic E-state index is -1.87. The number of nitrogens with two attached hydrogens (primary N) is 1. The molecule has 3 aromatic rings. The molecule has 1 aromatic carbocycles. The molecule has 182 valence electrons. The van der Waals surface area contributed by atoms with Gasteiger partial charge in [0, 0.05) is 31.6 Å². The van der Waals surface area contributed by atoms with E-state index < -0.39 is 14.4 Å². The Kier molecular flexibility index (Phi) is 7.73. The van der Waals surface area contributed by atoms with Crippen LogP contribution in [0.3, 0.4) is 0 Å². The summed E-state index contributed by atoms with van der Waals surface area (Å²) in [5.41, 5.74) is 9.62. The molecular formula is C24H34N6O3Si. The highest BCUT2D eigenvalue weighted by molar-refractivity contribution is 6.74. The Bertz CT molecular complexity index is 1140. The number of aryl methyl sites for hydroxylation is 1. The van der Waals surface area contributed by atoms with Gasteiger partial charge in [-0.2, -0.15) is 5.10 Å². The summed E-state index contributed by atoms with van der Waals surface area (Å²) in [7, 11) is -0.0245. The van der Waals surface area contributed by atoms with Crippen molar-refractivity contribution in [3.63, 3.8) is 0 Å². The summed E-state index contributed by atoms with van der Waals surface area (Å²) in [5.74, 6) is 0.481. The second kappa shape index (κ2) is 10.4. The molecule has 0 atom stereocenters. The monoisotopic (exact) mass is 482 g/mol. The molecule has 0 saturated carbocycles. The maximum absolute atomic E-state index is 11.2. The van der Waals surface area contributed by atoms with Crippen LogP contribution in [0.15, 0.2) is 42.9 Å². The van der Waals surface area contributed by atoms with Gasteiger partial charge in [0.05, 0.1) is 17.6 Å². The highest BCUT2D eigenvalue weighted by Gasteiger charge is 2.36. The summed E-state index contributed by atoms with van der Waals surface area (Å²) >= 11 is 0. The summed E-state index contributed by atoms with van der Waals surface area (Å²) in [6, 6.07) is 7.81. The number of anilines is 2. The fourth-order valence-corrected chi connectivity index (χ4v) is 4.18. The van der Waals surface area contributed by atoms with Crippen LogP contribution in [0.25, 0.3) is 11.3 Å². The number of hydrogen-bond donors (Lipinski definition) is 2. The van der Waals surface area contributed by atoms with Crippen molar-refractivity contribution in [1.82, 2.24) is 19.7 Å². The van der Waals surface area contributed by atoms with Crippen LogP contribution >= 0.6 is 0 Å². The first-order valence-corrected chi connectivity index (χ1v) is 14.1. The number of benzene rings is 1. The zero-order chi connectivity index (χ0) is 24.9. The topological polar surface area (TPSA) is 117 Å². The van der Waals surface area contributed by atoms with Crippen molar-refractivity contribution < 1.29 is 14.0 Å². The molecule has 3 rings (SSSR count). The van der Waals surface area contributed by atoms with Crippen molar-refractivity contribution >= 4 is 26.0 Å². The molecule has 0 radical (unpaired) electrons. The molecule has 10 heteroatoms. The van der Waals surface area contributed by atoms with Gasteiger partial charge in [0.1, 0.15) is 6.61 Å². The second-order valence-electron chi connectivity index (χ2n) is 9.74. The third-order valence-corrected chi connectivity index (χ3v) is 10.7. The van der Waals surface area contributed by atoms with E-state index in [-0.39, 0.29) is 11.6 Å². The number of nitrogens with zero attached hydrogens (tertiary/aromatic N) is 4. The molecule has 0 aliphatic rings. The molecule has 1 amide bonds. The van der Waals surface area contributed by atoms with E-state index in [0.29, 0.717) is 19.0 Å². The van der Waals surface area contributed by atoms with Crippen LogP contribution in [0.2, 0.25) is 18.1 Å². The Hall–Kier alpha value is -3.24. The first kappa shape index (κ1) is 25.4. The molecule has 0 unspecified atom stereocenters. The number of aromatic nitrogens is 4. The summed E-state index contributed by atoms with van der Waals surface area (Å²) in [6.45, 7) is 11.8. The fraction of sp³-hybridized carbons (Fsp3) is 0.417. The van der Waals surface area contributed by atoms with Crippen LogP contribution in [-0.2, 0) is 29.2 Å². The standard InChI is InChI=1S/C24H34N6O3Si/c1-24(2,3)34(5,6)33-12-10-17-13-18(7-8-19(17)16-32-22(25)31)21-9-11-26-23(29-21)28-20-14-27-30(4)15-20/h7-9,11,13-15H,10,12,16H2,1-6H3,(H2,25,31)(H,26,28,29). The maximum Gasteiger partial charge on any atom is 0.404 e. The van der Waals surface area contributed by atoms with Crippen molar-refractivity contribution in [3.05, 3.63) is 54.0 Å². The summed E-state index contributed by atoms with van der Waals surface area (Å²) in [4.78, 5) is 20.1. The van der Waals surface area contributed by atoms with E-state index in [1.807, 2.05) is 31.4 Å². The van der Waals surface area contributed by atoms with E-state index >= 15 is 0 Å². The van der Waals surface area contributed by atoms with E-state index in [4.69, 9.17) is 14.9 Å². The van der Waals surface area contributed by atoms with Crippen molar-refractivity contribution in [2.24, 2.45) is 12.8 Å². The third-order valence-electron chi connectivity index (χ3n) is 6.13. The molecule has 9 nitrogen and oxygen atoms in total. The van der Waals surface area contributed by atoms with Gasteiger partial charge < -0.3 is 20.2 Å². The van der Waals surface area contributed by atoms with Gasteiger partial charge in [0.25, 0.3) is 0 Å². The van der Waals surface area contributed by atoms with Crippen molar-refractivity contribution in [2.45, 2.75) is 51.9 Å². The molecule has 2 heterocycles. The Balaban J connectivity index is 1.83. The average molecular weight is 483 g/mol. The number of ether oxygens (including phenoxy) is 1. The normalized spacial score (nSPS) is 11.9. The van der Waals surface area contributed by atoms with E-state index in [0.717, 1.165) is 28.1 Å². The lowest BCUT2D eigenvalue weighted by Gasteiger charge is -2.36. The largest absolute Gasteiger partial charge is 0.445 e. The molecule has 0 bridgehead atoms. The smallest absolute Gasteiger partial charge is 0.404 e. The summed E-state index contributed by atoms with van der Waals surface area (Å²) in [6.07, 6.45) is 5.16. The molecule has 2 aromatic heterocycles. The number of nitrogens with one attached hydrogen (secondary N) is 1. The molecule has 0 fully saturated rings. The minimum Gasteiger partial charge on any atom is -0.445 e. The van der Waals surface area contributed by atoms with Crippen molar-refractivity contribution in [1.29, 1.82) is 0 Å². The summed E-state index contributed by atoms with van der Waals surface area (Å²) < 4.78 is 13.1. The first-order chi connectivity index (χ1) is 15.9. The van der Waals surface area contributed by atoms with E-state index in [1.165, 1.54) is 0 Å². The first-order valence-electron chi connectivity index (χ1n) is 11.2. The van der Waals surface area contributed by atoms with Gasteiger partial charge in [-0.05, 0) is 47.8 Å². The number of primary amides is 1. The number of rotatable bonds is 9. The average Bonchev–Trinajstić information content (AvgIpc) is 3.16. The predicted octanol–water partition coefficient (Wildman–Crippen LogP) is 4.78. The van der Waals surface area contributed by atoms with Gasteiger partial charge in [0.2, 0.25) is 5.95 Å². The molecule has 3 N–H and O–H groups in total. The van der Waals surface area contributed by atoms with Gasteiger partial charge in [-0.15, -0.1) is 0 Å². The second-order valence-corrected chi connectivity index (χ2v) is 14.6. The van der Waals surface area contributed by atoms with Crippen LogP contribution in [0.5, 0.6) is 0 Å². The Morgan fingerprint density at radius 3 is 2.62 bits per heavy atom. The molecule has 0 spiro atoms. The highest BCUT2D eigenvalue weighted by atomic mass is 28.4. The van der Waals surface area contributed by atoms with Crippen LogP contribution in [0.4, 0.5) is 16.4 Å². The number of carbonyl (C=O) groups is 1. The minimum absolute atomic E-state index is 0.114. The van der Waals surface area contributed by atoms with E-state index in [1.54, 1.807) is 17.1 Å². The third kappa shape index (κ3) is 6.64. The molecule has 34 heavy (non-hydrogen) atoms. The Morgan fingerprint density at radius 1 is 1.21 bits per heavy atom. The van der Waals surface area contributed by atoms with Crippen LogP contribution in [0, 0.1) is 0 Å². The lowest BCUT2D eigenvalue weighted by atomic mass is 10.0. The lowest BCUT2D eigenvalue weighted by Crippen LogP contribution is -2.41. The van der Waals surface area contributed by atoms with Gasteiger partial charge in [-0.25, -0.2) is 14.8 Å². The van der Waals surface area contributed by atoms with E-state index in [9.17, 15) is 4.79 Å². The van der Waals surface area contributed by atoms with Gasteiger partial charge in [-0.1, -0.05) is 32.9 Å². The van der Waals surface area contributed by atoms with Crippen molar-refractivity contribution in [2.75, 3.05) is 11.9 Å². The van der Waals surface area contributed by atoms with Crippen LogP contribution in [-0.4, -0.2) is 40.8 Å². The van der Waals surface area contributed by atoms with Gasteiger partial charge in [-0.3, -0.25) is 4.68 Å². The van der Waals surface area contributed by atoms with E-state index in [2.05, 4.69) is 60.3 Å². The molecule has 0 aliphatic carbocycles. The fourth-order valence-electron chi connectivity index (χ4n) is 3.13. The van der Waals surface area contributed by atoms with Gasteiger partial charge >= 0.3 is 6.09 Å². The lowest BCUT2D eigenvalue weighted by molar-refractivity contribution is 0.150. The Labute approximate surface area is 201 Å². The van der Waals surface area contributed by atoms with Crippen LogP contribution in [0.1, 0.15) is 31.9 Å². The Morgan fingerprint density at radius 2 is 1.97 bits per heavy atom.